The molecule has 0 amide bonds. The van der Waals surface area contributed by atoms with E-state index in [1.165, 1.54) is 12.0 Å². The van der Waals surface area contributed by atoms with Crippen LogP contribution in [0.3, 0.4) is 0 Å². The predicted molar refractivity (Wildman–Crippen MR) is 74.8 cm³/mol. The molecule has 1 aliphatic rings. The van der Waals surface area contributed by atoms with E-state index in [4.69, 9.17) is 0 Å². The summed E-state index contributed by atoms with van der Waals surface area (Å²) in [5.74, 6) is 0.542. The molecule has 1 nitrogen and oxygen atoms in total. The Morgan fingerprint density at radius 1 is 1.22 bits per heavy atom. The average molecular weight is 249 g/mol. The summed E-state index contributed by atoms with van der Waals surface area (Å²) < 4.78 is 14.2. The van der Waals surface area contributed by atoms with E-state index in [0.717, 1.165) is 24.9 Å². The van der Waals surface area contributed by atoms with Crippen molar-refractivity contribution in [3.8, 4) is 0 Å². The van der Waals surface area contributed by atoms with Crippen LogP contribution in [0.1, 0.15) is 50.2 Å². The third kappa shape index (κ3) is 3.55. The van der Waals surface area contributed by atoms with Crippen molar-refractivity contribution in [1.29, 1.82) is 0 Å². The summed E-state index contributed by atoms with van der Waals surface area (Å²) in [4.78, 5) is 0. The molecular weight excluding hydrogens is 225 g/mol. The lowest BCUT2D eigenvalue weighted by Gasteiger charge is -2.26. The minimum absolute atomic E-state index is 0.0588. The van der Waals surface area contributed by atoms with Crippen LogP contribution >= 0.6 is 0 Å². The number of benzene rings is 1. The summed E-state index contributed by atoms with van der Waals surface area (Å²) in [5.41, 5.74) is 2.43. The minimum atomic E-state index is -0.754. The van der Waals surface area contributed by atoms with Crippen molar-refractivity contribution in [1.82, 2.24) is 5.32 Å². The second kappa shape index (κ2) is 6.33. The molecule has 0 spiro atoms. The summed E-state index contributed by atoms with van der Waals surface area (Å²) >= 11 is 0. The van der Waals surface area contributed by atoms with Gasteiger partial charge in [-0.3, -0.25) is 0 Å². The monoisotopic (exact) mass is 249 g/mol. The first kappa shape index (κ1) is 13.5. The Hall–Kier alpha value is -0.890. The largest absolute Gasteiger partial charge is 0.311 e. The lowest BCUT2D eigenvalue weighted by molar-refractivity contribution is 0.217. The molecule has 2 rings (SSSR count). The van der Waals surface area contributed by atoms with E-state index < -0.39 is 6.17 Å². The fourth-order valence-corrected chi connectivity index (χ4v) is 2.59. The quantitative estimate of drug-likeness (QED) is 0.855. The standard InChI is InChI=1S/C16H24FN/c1-12(2)14-8-6-13(7-9-14)11-15(17)16-5-3-4-10-18-16/h6-9,12,15-16,18H,3-5,10-11H2,1-2H3. The van der Waals surface area contributed by atoms with Gasteiger partial charge in [-0.25, -0.2) is 4.39 Å². The van der Waals surface area contributed by atoms with Crippen LogP contribution in [0.2, 0.25) is 0 Å². The first-order valence-electron chi connectivity index (χ1n) is 7.13. The number of nitrogens with one attached hydrogen (secondary N) is 1. The maximum absolute atomic E-state index is 14.2. The predicted octanol–water partition coefficient (Wildman–Crippen LogP) is 3.83. The molecule has 2 unspecified atom stereocenters. The summed E-state index contributed by atoms with van der Waals surface area (Å²) in [6, 6.07) is 8.46. The zero-order valence-electron chi connectivity index (χ0n) is 11.5. The maximum atomic E-state index is 14.2. The second-order valence-electron chi connectivity index (χ2n) is 5.67. The maximum Gasteiger partial charge on any atom is 0.119 e. The molecule has 1 saturated heterocycles. The highest BCUT2D eigenvalue weighted by molar-refractivity contribution is 5.25. The zero-order valence-corrected chi connectivity index (χ0v) is 11.5. The molecule has 1 fully saturated rings. The number of hydrogen-bond acceptors (Lipinski definition) is 1. The molecule has 0 aromatic heterocycles. The van der Waals surface area contributed by atoms with Crippen LogP contribution in [0.5, 0.6) is 0 Å². The van der Waals surface area contributed by atoms with Gasteiger partial charge in [0.25, 0.3) is 0 Å². The van der Waals surface area contributed by atoms with Gasteiger partial charge >= 0.3 is 0 Å². The van der Waals surface area contributed by atoms with Crippen LogP contribution in [0.4, 0.5) is 4.39 Å². The first-order valence-corrected chi connectivity index (χ1v) is 7.13. The highest BCUT2D eigenvalue weighted by Crippen LogP contribution is 2.19. The van der Waals surface area contributed by atoms with Crippen molar-refractivity contribution in [2.24, 2.45) is 0 Å². The van der Waals surface area contributed by atoms with E-state index in [1.807, 2.05) is 0 Å². The van der Waals surface area contributed by atoms with E-state index in [1.54, 1.807) is 0 Å². The molecule has 1 aliphatic heterocycles. The van der Waals surface area contributed by atoms with Crippen molar-refractivity contribution < 1.29 is 4.39 Å². The number of hydrogen-bond donors (Lipinski definition) is 1. The average Bonchev–Trinajstić information content (AvgIpc) is 2.40. The van der Waals surface area contributed by atoms with E-state index in [2.05, 4.69) is 43.4 Å². The van der Waals surface area contributed by atoms with Crippen molar-refractivity contribution in [2.75, 3.05) is 6.54 Å². The SMILES string of the molecule is CC(C)c1ccc(CC(F)C2CCCCN2)cc1. The number of piperidine rings is 1. The van der Waals surface area contributed by atoms with Gasteiger partial charge in [-0.1, -0.05) is 44.5 Å². The van der Waals surface area contributed by atoms with E-state index in [0.29, 0.717) is 12.3 Å². The summed E-state index contributed by atoms with van der Waals surface area (Å²) in [6.07, 6.45) is 3.10. The Kier molecular flexibility index (Phi) is 4.76. The van der Waals surface area contributed by atoms with Crippen molar-refractivity contribution >= 4 is 0 Å². The third-order valence-corrected chi connectivity index (χ3v) is 3.86. The Balaban J connectivity index is 1.91. The van der Waals surface area contributed by atoms with Crippen LogP contribution in [0.15, 0.2) is 24.3 Å². The van der Waals surface area contributed by atoms with Gasteiger partial charge in [-0.2, -0.15) is 0 Å². The topological polar surface area (TPSA) is 12.0 Å². The van der Waals surface area contributed by atoms with Crippen molar-refractivity contribution in [3.63, 3.8) is 0 Å². The molecule has 1 N–H and O–H groups in total. The Morgan fingerprint density at radius 3 is 2.50 bits per heavy atom. The van der Waals surface area contributed by atoms with Gasteiger partial charge < -0.3 is 5.32 Å². The third-order valence-electron chi connectivity index (χ3n) is 3.86. The van der Waals surface area contributed by atoms with Gasteiger partial charge in [-0.15, -0.1) is 0 Å². The van der Waals surface area contributed by atoms with E-state index in [-0.39, 0.29) is 6.04 Å². The fourth-order valence-electron chi connectivity index (χ4n) is 2.59. The highest BCUT2D eigenvalue weighted by atomic mass is 19.1. The Bertz CT molecular complexity index is 352. The van der Waals surface area contributed by atoms with Crippen LogP contribution in [0.25, 0.3) is 0 Å². The van der Waals surface area contributed by atoms with Crippen LogP contribution in [-0.4, -0.2) is 18.8 Å². The molecule has 0 radical (unpaired) electrons. The molecule has 0 saturated carbocycles. The molecule has 2 heteroatoms. The number of halogens is 1. The molecular formula is C16H24FN. The molecule has 100 valence electrons. The van der Waals surface area contributed by atoms with Crippen LogP contribution in [-0.2, 0) is 6.42 Å². The second-order valence-corrected chi connectivity index (χ2v) is 5.67. The molecule has 18 heavy (non-hydrogen) atoms. The lowest BCUT2D eigenvalue weighted by Crippen LogP contribution is -2.42. The minimum Gasteiger partial charge on any atom is -0.311 e. The molecule has 0 bridgehead atoms. The number of alkyl halides is 1. The van der Waals surface area contributed by atoms with Gasteiger partial charge in [-0.05, 0) is 36.4 Å². The van der Waals surface area contributed by atoms with Gasteiger partial charge in [0.05, 0.1) is 0 Å². The smallest absolute Gasteiger partial charge is 0.119 e. The summed E-state index contributed by atoms with van der Waals surface area (Å²) in [5, 5.41) is 3.29. The molecule has 1 heterocycles. The highest BCUT2D eigenvalue weighted by Gasteiger charge is 2.22. The van der Waals surface area contributed by atoms with Crippen molar-refractivity contribution in [2.45, 2.75) is 57.7 Å². The molecule has 1 aromatic carbocycles. The van der Waals surface area contributed by atoms with Crippen LogP contribution in [0, 0.1) is 0 Å². The van der Waals surface area contributed by atoms with E-state index in [9.17, 15) is 4.39 Å². The number of rotatable bonds is 4. The first-order chi connectivity index (χ1) is 8.66. The van der Waals surface area contributed by atoms with Gasteiger partial charge in [0.15, 0.2) is 0 Å². The summed E-state index contributed by atoms with van der Waals surface area (Å²) in [6.45, 7) is 5.33. The van der Waals surface area contributed by atoms with Gasteiger partial charge in [0.1, 0.15) is 6.17 Å². The van der Waals surface area contributed by atoms with Gasteiger partial charge in [0.2, 0.25) is 0 Å². The van der Waals surface area contributed by atoms with Crippen molar-refractivity contribution in [3.05, 3.63) is 35.4 Å². The fraction of sp³-hybridized carbons (Fsp3) is 0.625. The van der Waals surface area contributed by atoms with Gasteiger partial charge in [0, 0.05) is 12.5 Å². The Labute approximate surface area is 110 Å². The molecule has 2 atom stereocenters. The normalized spacial score (nSPS) is 22.1. The zero-order chi connectivity index (χ0) is 13.0. The molecule has 1 aromatic rings. The van der Waals surface area contributed by atoms with E-state index >= 15 is 0 Å². The molecule has 0 aliphatic carbocycles. The summed E-state index contributed by atoms with van der Waals surface area (Å²) in [7, 11) is 0. The Morgan fingerprint density at radius 2 is 1.94 bits per heavy atom. The lowest BCUT2D eigenvalue weighted by atomic mass is 9.95. The van der Waals surface area contributed by atoms with Crippen LogP contribution < -0.4 is 5.32 Å².